The summed E-state index contributed by atoms with van der Waals surface area (Å²) in [6, 6.07) is 7.52. The van der Waals surface area contributed by atoms with Gasteiger partial charge >= 0.3 is 0 Å². The van der Waals surface area contributed by atoms with Gasteiger partial charge in [0.1, 0.15) is 0 Å². The summed E-state index contributed by atoms with van der Waals surface area (Å²) in [5.74, 6) is 0.0888. The van der Waals surface area contributed by atoms with E-state index in [1.165, 1.54) is 25.7 Å². The zero-order valence-corrected chi connectivity index (χ0v) is 12.3. The molecule has 3 N–H and O–H groups in total. The first-order valence-corrected chi connectivity index (χ1v) is 8.02. The molecule has 1 aromatic rings. The van der Waals surface area contributed by atoms with Crippen LogP contribution in [-0.2, 0) is 11.2 Å². The average Bonchev–Trinajstić information content (AvgIpc) is 2.86. The highest BCUT2D eigenvalue weighted by Crippen LogP contribution is 2.39. The first kappa shape index (κ1) is 14.3. The van der Waals surface area contributed by atoms with Gasteiger partial charge in [0, 0.05) is 17.0 Å². The molecule has 0 unspecified atom stereocenters. The van der Waals surface area contributed by atoms with Crippen LogP contribution in [0, 0.1) is 0 Å². The maximum atomic E-state index is 12.0. The summed E-state index contributed by atoms with van der Waals surface area (Å²) in [6.45, 7) is 0.787. The molecule has 1 aliphatic carbocycles. The summed E-state index contributed by atoms with van der Waals surface area (Å²) in [4.78, 5) is 12.0. The third kappa shape index (κ3) is 3.90. The summed E-state index contributed by atoms with van der Waals surface area (Å²) in [6.07, 6.45) is 7.56. The number of hydrogen-bond donors (Lipinski definition) is 2. The largest absolute Gasteiger partial charge is 0.399 e. The Bertz CT molecular complexity index is 442. The SMILES string of the molecule is CSC1(CNC(=O)Cc2cccc(N)c2)CCCC1. The quantitative estimate of drug-likeness (QED) is 0.814. The second-order valence-corrected chi connectivity index (χ2v) is 6.57. The van der Waals surface area contributed by atoms with Gasteiger partial charge in [-0.25, -0.2) is 0 Å². The molecule has 0 spiro atoms. The molecule has 104 valence electrons. The van der Waals surface area contributed by atoms with Crippen molar-refractivity contribution < 1.29 is 4.79 Å². The molecule has 0 atom stereocenters. The summed E-state index contributed by atoms with van der Waals surface area (Å²) >= 11 is 1.90. The Morgan fingerprint density at radius 2 is 2.16 bits per heavy atom. The van der Waals surface area contributed by atoms with Gasteiger partial charge in [-0.15, -0.1) is 0 Å². The van der Waals surface area contributed by atoms with Crippen molar-refractivity contribution in [1.29, 1.82) is 0 Å². The fourth-order valence-electron chi connectivity index (χ4n) is 2.68. The lowest BCUT2D eigenvalue weighted by molar-refractivity contribution is -0.120. The van der Waals surface area contributed by atoms with Gasteiger partial charge in [0.05, 0.1) is 6.42 Å². The lowest BCUT2D eigenvalue weighted by atomic mass is 10.1. The average molecular weight is 278 g/mol. The second-order valence-electron chi connectivity index (χ2n) is 5.29. The molecule has 1 amide bonds. The van der Waals surface area contributed by atoms with Crippen LogP contribution in [0.3, 0.4) is 0 Å². The van der Waals surface area contributed by atoms with Crippen LogP contribution in [-0.4, -0.2) is 23.5 Å². The van der Waals surface area contributed by atoms with Gasteiger partial charge in [-0.1, -0.05) is 25.0 Å². The molecular weight excluding hydrogens is 256 g/mol. The molecule has 1 aliphatic rings. The number of nitrogens with one attached hydrogen (secondary N) is 1. The predicted octanol–water partition coefficient (Wildman–Crippen LogP) is 2.60. The summed E-state index contributed by atoms with van der Waals surface area (Å²) < 4.78 is 0.269. The first-order valence-electron chi connectivity index (χ1n) is 6.80. The van der Waals surface area contributed by atoms with Crippen LogP contribution in [0.25, 0.3) is 0 Å². The van der Waals surface area contributed by atoms with E-state index in [1.54, 1.807) is 0 Å². The Balaban J connectivity index is 1.84. The number of hydrogen-bond acceptors (Lipinski definition) is 3. The van der Waals surface area contributed by atoms with Crippen LogP contribution in [0.15, 0.2) is 24.3 Å². The molecule has 0 heterocycles. The van der Waals surface area contributed by atoms with Crippen molar-refractivity contribution in [3.8, 4) is 0 Å². The molecule has 0 aliphatic heterocycles. The minimum atomic E-state index is 0.0888. The third-order valence-corrected chi connectivity index (χ3v) is 5.29. The van der Waals surface area contributed by atoms with Gasteiger partial charge in [0.15, 0.2) is 0 Å². The van der Waals surface area contributed by atoms with Crippen molar-refractivity contribution in [3.05, 3.63) is 29.8 Å². The van der Waals surface area contributed by atoms with Crippen LogP contribution < -0.4 is 11.1 Å². The number of carbonyl (C=O) groups is 1. The minimum absolute atomic E-state index is 0.0888. The van der Waals surface area contributed by atoms with E-state index in [4.69, 9.17) is 5.73 Å². The lowest BCUT2D eigenvalue weighted by Gasteiger charge is -2.26. The number of nitrogens with two attached hydrogens (primary N) is 1. The van der Waals surface area contributed by atoms with Gasteiger partial charge in [-0.05, 0) is 36.8 Å². The van der Waals surface area contributed by atoms with Crippen molar-refractivity contribution >= 4 is 23.4 Å². The van der Waals surface area contributed by atoms with E-state index in [1.807, 2.05) is 36.0 Å². The van der Waals surface area contributed by atoms with E-state index in [2.05, 4.69) is 11.6 Å². The third-order valence-electron chi connectivity index (χ3n) is 3.87. The summed E-state index contributed by atoms with van der Waals surface area (Å²) in [5.41, 5.74) is 7.40. The number of carbonyl (C=O) groups excluding carboxylic acids is 1. The maximum Gasteiger partial charge on any atom is 0.224 e. The summed E-state index contributed by atoms with van der Waals surface area (Å²) in [5, 5.41) is 3.08. The Hall–Kier alpha value is -1.16. The Labute approximate surface area is 119 Å². The fourth-order valence-corrected chi connectivity index (χ4v) is 3.60. The topological polar surface area (TPSA) is 55.1 Å². The highest BCUT2D eigenvalue weighted by atomic mass is 32.2. The summed E-state index contributed by atoms with van der Waals surface area (Å²) in [7, 11) is 0. The fraction of sp³-hybridized carbons (Fsp3) is 0.533. The van der Waals surface area contributed by atoms with E-state index in [0.717, 1.165) is 12.1 Å². The second kappa shape index (κ2) is 6.33. The van der Waals surface area contributed by atoms with Crippen LogP contribution >= 0.6 is 11.8 Å². The molecule has 4 heteroatoms. The highest BCUT2D eigenvalue weighted by molar-refractivity contribution is 8.00. The maximum absolute atomic E-state index is 12.0. The van der Waals surface area contributed by atoms with Crippen LogP contribution in [0.2, 0.25) is 0 Å². The van der Waals surface area contributed by atoms with Crippen LogP contribution in [0.1, 0.15) is 31.2 Å². The molecule has 1 saturated carbocycles. The number of anilines is 1. The molecule has 1 fully saturated rings. The van der Waals surface area contributed by atoms with Gasteiger partial charge < -0.3 is 11.1 Å². The monoisotopic (exact) mass is 278 g/mol. The van der Waals surface area contributed by atoms with Crippen molar-refractivity contribution in [1.82, 2.24) is 5.32 Å². The number of nitrogen functional groups attached to an aromatic ring is 1. The van der Waals surface area contributed by atoms with E-state index >= 15 is 0 Å². The van der Waals surface area contributed by atoms with E-state index in [9.17, 15) is 4.79 Å². The standard InChI is InChI=1S/C15H22N2OS/c1-19-15(7-2-3-8-15)11-17-14(18)10-12-5-4-6-13(16)9-12/h4-6,9H,2-3,7-8,10-11,16H2,1H3,(H,17,18). The zero-order chi connectivity index (χ0) is 13.7. The van der Waals surface area contributed by atoms with E-state index in [0.29, 0.717) is 12.1 Å². The Kier molecular flexibility index (Phi) is 4.75. The van der Waals surface area contributed by atoms with E-state index in [-0.39, 0.29) is 10.7 Å². The van der Waals surface area contributed by atoms with Crippen molar-refractivity contribution in [3.63, 3.8) is 0 Å². The molecule has 0 aromatic heterocycles. The molecule has 2 rings (SSSR count). The zero-order valence-electron chi connectivity index (χ0n) is 11.4. The minimum Gasteiger partial charge on any atom is -0.399 e. The van der Waals surface area contributed by atoms with Gasteiger partial charge in [0.2, 0.25) is 5.91 Å². The molecule has 0 saturated heterocycles. The number of rotatable bonds is 5. The van der Waals surface area contributed by atoms with Gasteiger partial charge in [0.25, 0.3) is 0 Å². The predicted molar refractivity (Wildman–Crippen MR) is 82.3 cm³/mol. The van der Waals surface area contributed by atoms with Crippen molar-refractivity contribution in [2.45, 2.75) is 36.9 Å². The Morgan fingerprint density at radius 3 is 2.79 bits per heavy atom. The van der Waals surface area contributed by atoms with Crippen molar-refractivity contribution in [2.75, 3.05) is 18.5 Å². The normalized spacial score (nSPS) is 17.3. The van der Waals surface area contributed by atoms with Gasteiger partial charge in [-0.3, -0.25) is 4.79 Å². The molecule has 19 heavy (non-hydrogen) atoms. The molecule has 1 aromatic carbocycles. The molecule has 0 radical (unpaired) electrons. The van der Waals surface area contributed by atoms with Crippen molar-refractivity contribution in [2.24, 2.45) is 0 Å². The van der Waals surface area contributed by atoms with Crippen LogP contribution in [0.5, 0.6) is 0 Å². The molecular formula is C15H22N2OS. The number of amides is 1. The molecule has 3 nitrogen and oxygen atoms in total. The first-order chi connectivity index (χ1) is 9.13. The highest BCUT2D eigenvalue weighted by Gasteiger charge is 2.33. The molecule has 0 bridgehead atoms. The van der Waals surface area contributed by atoms with E-state index < -0.39 is 0 Å². The Morgan fingerprint density at radius 1 is 1.42 bits per heavy atom. The van der Waals surface area contributed by atoms with Crippen LogP contribution in [0.4, 0.5) is 5.69 Å². The number of thioether (sulfide) groups is 1. The lowest BCUT2D eigenvalue weighted by Crippen LogP contribution is -2.39. The smallest absolute Gasteiger partial charge is 0.224 e. The van der Waals surface area contributed by atoms with Gasteiger partial charge in [-0.2, -0.15) is 11.8 Å². The number of benzene rings is 1.